The highest BCUT2D eigenvalue weighted by Gasteiger charge is 2.18. The summed E-state index contributed by atoms with van der Waals surface area (Å²) in [6.07, 6.45) is 1.30. The van der Waals surface area contributed by atoms with Crippen molar-refractivity contribution in [3.8, 4) is 5.69 Å². The highest BCUT2D eigenvalue weighted by molar-refractivity contribution is 7.89. The van der Waals surface area contributed by atoms with Gasteiger partial charge in [-0.1, -0.05) is 60.2 Å². The number of halogens is 1. The number of primary sulfonamides is 1. The van der Waals surface area contributed by atoms with Gasteiger partial charge in [0.05, 0.1) is 11.4 Å². The van der Waals surface area contributed by atoms with Crippen molar-refractivity contribution < 1.29 is 12.8 Å². The van der Waals surface area contributed by atoms with E-state index in [2.05, 4.69) is 40.5 Å². The van der Waals surface area contributed by atoms with E-state index in [-0.39, 0.29) is 10.6 Å². The lowest BCUT2D eigenvalue weighted by atomic mass is 10.1. The quantitative estimate of drug-likeness (QED) is 0.359. The molecule has 0 spiro atoms. The van der Waals surface area contributed by atoms with Crippen molar-refractivity contribution in [1.29, 1.82) is 0 Å². The fraction of sp³-hybridized carbons (Fsp3) is 0.200. The topological polar surface area (TPSA) is 103 Å². The summed E-state index contributed by atoms with van der Waals surface area (Å²) in [5.41, 5.74) is 3.57. The Hall–Kier alpha value is -3.40. The molecule has 0 aliphatic rings. The Morgan fingerprint density at radius 2 is 1.76 bits per heavy atom. The highest BCUT2D eigenvalue weighted by atomic mass is 32.2. The molecule has 0 saturated carbocycles. The van der Waals surface area contributed by atoms with E-state index in [1.165, 1.54) is 27.9 Å². The van der Waals surface area contributed by atoms with Crippen molar-refractivity contribution in [2.24, 2.45) is 5.14 Å². The highest BCUT2D eigenvalue weighted by Crippen LogP contribution is 2.20. The second-order valence-electron chi connectivity index (χ2n) is 8.09. The van der Waals surface area contributed by atoms with Crippen molar-refractivity contribution in [2.45, 2.75) is 31.2 Å². The molecule has 34 heavy (non-hydrogen) atoms. The number of nitrogens with zero attached hydrogens (tertiary/aromatic N) is 3. The van der Waals surface area contributed by atoms with Crippen LogP contribution in [0.15, 0.2) is 77.7 Å². The molecule has 0 aliphatic heterocycles. The molecule has 0 aliphatic carbocycles. The number of aryl methyl sites for hydroxylation is 1. The lowest BCUT2D eigenvalue weighted by Gasteiger charge is -2.08. The van der Waals surface area contributed by atoms with Crippen LogP contribution in [0.1, 0.15) is 28.3 Å². The summed E-state index contributed by atoms with van der Waals surface area (Å²) in [5.74, 6) is 0.318. The van der Waals surface area contributed by atoms with E-state index < -0.39 is 15.8 Å². The van der Waals surface area contributed by atoms with E-state index in [4.69, 9.17) is 5.14 Å². The van der Waals surface area contributed by atoms with E-state index in [1.54, 1.807) is 0 Å². The maximum atomic E-state index is 14.9. The smallest absolute Gasteiger partial charge is 0.238 e. The van der Waals surface area contributed by atoms with Crippen molar-refractivity contribution in [2.75, 3.05) is 6.54 Å². The molecular formula is C25H26FN5O2S. The molecule has 176 valence electrons. The van der Waals surface area contributed by atoms with Gasteiger partial charge < -0.3 is 5.32 Å². The first-order chi connectivity index (χ1) is 16.3. The van der Waals surface area contributed by atoms with Crippen molar-refractivity contribution in [3.05, 3.63) is 107 Å². The maximum absolute atomic E-state index is 14.9. The van der Waals surface area contributed by atoms with Crippen LogP contribution < -0.4 is 10.5 Å². The molecular weight excluding hydrogens is 453 g/mol. The first-order valence-electron chi connectivity index (χ1n) is 10.9. The number of sulfonamides is 1. The van der Waals surface area contributed by atoms with Crippen LogP contribution in [0, 0.1) is 12.7 Å². The van der Waals surface area contributed by atoms with Gasteiger partial charge in [-0.05, 0) is 49.2 Å². The third-order valence-electron chi connectivity index (χ3n) is 5.36. The Labute approximate surface area is 198 Å². The second kappa shape index (κ2) is 10.3. The molecule has 1 heterocycles. The molecule has 0 atom stereocenters. The summed E-state index contributed by atoms with van der Waals surface area (Å²) in [6.45, 7) is 3.22. The molecule has 0 bridgehead atoms. The SMILES string of the molecule is Cc1cccc(CCNCc2nc(Cc3ccccc3)n(-c3ccc(S(N)(=O)=O)cc3F)n2)c1. The lowest BCUT2D eigenvalue weighted by Crippen LogP contribution is -2.17. The molecule has 0 saturated heterocycles. The Morgan fingerprint density at radius 1 is 1.00 bits per heavy atom. The Kier molecular flexibility index (Phi) is 7.16. The van der Waals surface area contributed by atoms with Gasteiger partial charge >= 0.3 is 0 Å². The van der Waals surface area contributed by atoms with E-state index in [9.17, 15) is 12.8 Å². The Morgan fingerprint density at radius 3 is 2.47 bits per heavy atom. The predicted molar refractivity (Wildman–Crippen MR) is 129 cm³/mol. The molecule has 4 rings (SSSR count). The number of nitrogens with two attached hydrogens (primary N) is 1. The van der Waals surface area contributed by atoms with E-state index in [1.807, 2.05) is 36.4 Å². The minimum Gasteiger partial charge on any atom is -0.309 e. The molecule has 1 aromatic heterocycles. The van der Waals surface area contributed by atoms with Gasteiger partial charge in [-0.2, -0.15) is 0 Å². The second-order valence-corrected chi connectivity index (χ2v) is 9.65. The minimum absolute atomic E-state index is 0.108. The summed E-state index contributed by atoms with van der Waals surface area (Å²) < 4.78 is 39.5. The van der Waals surface area contributed by atoms with Crippen LogP contribution in [-0.2, 0) is 29.4 Å². The normalized spacial score (nSPS) is 11.6. The van der Waals surface area contributed by atoms with Crippen molar-refractivity contribution in [1.82, 2.24) is 20.1 Å². The van der Waals surface area contributed by atoms with E-state index >= 15 is 0 Å². The number of hydrogen-bond donors (Lipinski definition) is 2. The van der Waals surface area contributed by atoms with Gasteiger partial charge in [0.25, 0.3) is 0 Å². The number of benzene rings is 3. The third-order valence-corrected chi connectivity index (χ3v) is 6.27. The molecule has 3 aromatic carbocycles. The summed E-state index contributed by atoms with van der Waals surface area (Å²) in [5, 5.41) is 13.0. The minimum atomic E-state index is -4.01. The fourth-order valence-corrected chi connectivity index (χ4v) is 4.21. The van der Waals surface area contributed by atoms with Crippen LogP contribution in [0.25, 0.3) is 5.69 Å². The average molecular weight is 480 g/mol. The molecule has 7 nitrogen and oxygen atoms in total. The van der Waals surface area contributed by atoms with Crippen LogP contribution in [0.4, 0.5) is 4.39 Å². The summed E-state index contributed by atoms with van der Waals surface area (Å²) in [6, 6.07) is 21.6. The third kappa shape index (κ3) is 5.93. The summed E-state index contributed by atoms with van der Waals surface area (Å²) in [7, 11) is -4.01. The number of aromatic nitrogens is 3. The number of nitrogens with one attached hydrogen (secondary N) is 1. The molecule has 0 radical (unpaired) electrons. The molecule has 4 aromatic rings. The molecule has 3 N–H and O–H groups in total. The van der Waals surface area contributed by atoms with E-state index in [0.717, 1.165) is 24.6 Å². The van der Waals surface area contributed by atoms with Gasteiger partial charge in [-0.15, -0.1) is 5.10 Å². The number of hydrogen-bond acceptors (Lipinski definition) is 5. The van der Waals surface area contributed by atoms with Crippen LogP contribution in [0.5, 0.6) is 0 Å². The molecule has 9 heteroatoms. The van der Waals surface area contributed by atoms with Crippen molar-refractivity contribution >= 4 is 10.0 Å². The van der Waals surface area contributed by atoms with Gasteiger partial charge in [-0.3, -0.25) is 0 Å². The first-order valence-corrected chi connectivity index (χ1v) is 12.4. The van der Waals surface area contributed by atoms with E-state index in [0.29, 0.717) is 24.6 Å². The average Bonchev–Trinajstić information content (AvgIpc) is 3.19. The standard InChI is InChI=1S/C25H26FN5O2S/c1-18-6-5-9-20(14-18)12-13-28-17-24-29-25(15-19-7-3-2-4-8-19)31(30-24)23-11-10-21(16-22(23)26)34(27,32)33/h2-11,14,16,28H,12-13,15,17H2,1H3,(H2,27,32,33). The number of rotatable bonds is 9. The van der Waals surface area contributed by atoms with Gasteiger partial charge in [-0.25, -0.2) is 27.6 Å². The fourth-order valence-electron chi connectivity index (χ4n) is 3.69. The van der Waals surface area contributed by atoms with Gasteiger partial charge in [0.15, 0.2) is 5.82 Å². The van der Waals surface area contributed by atoms with Gasteiger partial charge in [0.2, 0.25) is 10.0 Å². The van der Waals surface area contributed by atoms with Crippen LogP contribution in [-0.4, -0.2) is 29.7 Å². The van der Waals surface area contributed by atoms with Crippen LogP contribution >= 0.6 is 0 Å². The largest absolute Gasteiger partial charge is 0.309 e. The Balaban J connectivity index is 1.56. The zero-order chi connectivity index (χ0) is 24.1. The molecule has 0 fully saturated rings. The lowest BCUT2D eigenvalue weighted by molar-refractivity contribution is 0.586. The Bertz CT molecular complexity index is 1390. The predicted octanol–water partition coefficient (Wildman–Crippen LogP) is 3.29. The van der Waals surface area contributed by atoms with Crippen LogP contribution in [0.2, 0.25) is 0 Å². The maximum Gasteiger partial charge on any atom is 0.238 e. The molecule has 0 unspecified atom stereocenters. The first kappa shape index (κ1) is 23.7. The van der Waals surface area contributed by atoms with Gasteiger partial charge in [0, 0.05) is 6.42 Å². The zero-order valence-corrected chi connectivity index (χ0v) is 19.6. The zero-order valence-electron chi connectivity index (χ0n) is 18.8. The van der Waals surface area contributed by atoms with Crippen LogP contribution in [0.3, 0.4) is 0 Å². The monoisotopic (exact) mass is 479 g/mol. The summed E-state index contributed by atoms with van der Waals surface area (Å²) in [4.78, 5) is 4.34. The van der Waals surface area contributed by atoms with Crippen molar-refractivity contribution in [3.63, 3.8) is 0 Å². The van der Waals surface area contributed by atoms with Gasteiger partial charge in [0.1, 0.15) is 17.3 Å². The summed E-state index contributed by atoms with van der Waals surface area (Å²) >= 11 is 0. The molecule has 0 amide bonds.